The Bertz CT molecular complexity index is 204. The van der Waals surface area contributed by atoms with Crippen LogP contribution in [0.5, 0.6) is 0 Å². The molecule has 3 nitrogen and oxygen atoms in total. The molecule has 0 aromatic carbocycles. The monoisotopic (exact) mass is 181 g/mol. The summed E-state index contributed by atoms with van der Waals surface area (Å²) in [5.41, 5.74) is 5.60. The molecule has 1 saturated carbocycles. The van der Waals surface area contributed by atoms with Crippen LogP contribution >= 0.6 is 0 Å². The lowest BCUT2D eigenvalue weighted by Crippen LogP contribution is -2.41. The molecule has 0 aromatic heterocycles. The first-order chi connectivity index (χ1) is 6.25. The molecule has 1 fully saturated rings. The van der Waals surface area contributed by atoms with E-state index in [1.54, 1.807) is 0 Å². The van der Waals surface area contributed by atoms with E-state index in [1.165, 1.54) is 25.7 Å². The fraction of sp³-hybridized carbons (Fsp3) is 0.900. The molecule has 3 N–H and O–H groups in total. The minimum Gasteiger partial charge on any atom is -0.370 e. The Morgan fingerprint density at radius 1 is 1.31 bits per heavy atom. The number of nitrogens with two attached hydrogens (primary N) is 1. The Hall–Kier alpha value is -0.730. The van der Waals surface area contributed by atoms with Gasteiger partial charge in [-0.1, -0.05) is 19.8 Å². The maximum absolute atomic E-state index is 5.60. The van der Waals surface area contributed by atoms with Gasteiger partial charge in [0.2, 0.25) is 0 Å². The first kappa shape index (κ1) is 8.85. The molecule has 1 heterocycles. The van der Waals surface area contributed by atoms with Crippen molar-refractivity contribution in [2.75, 3.05) is 6.54 Å². The molecule has 1 atom stereocenters. The van der Waals surface area contributed by atoms with Crippen LogP contribution in [0.1, 0.15) is 32.6 Å². The van der Waals surface area contributed by atoms with Crippen LogP contribution in [0.15, 0.2) is 4.99 Å². The maximum atomic E-state index is 5.60. The summed E-state index contributed by atoms with van der Waals surface area (Å²) >= 11 is 0. The molecule has 2 rings (SSSR count). The van der Waals surface area contributed by atoms with Crippen molar-refractivity contribution in [2.45, 2.75) is 38.6 Å². The second-order valence-electron chi connectivity index (χ2n) is 4.50. The molecule has 0 amide bonds. The van der Waals surface area contributed by atoms with E-state index in [9.17, 15) is 0 Å². The highest BCUT2D eigenvalue weighted by atomic mass is 15.2. The van der Waals surface area contributed by atoms with Crippen LogP contribution < -0.4 is 11.1 Å². The Balaban J connectivity index is 1.82. The third-order valence-electron chi connectivity index (χ3n) is 3.42. The van der Waals surface area contributed by atoms with Crippen LogP contribution in [-0.4, -0.2) is 18.5 Å². The van der Waals surface area contributed by atoms with Gasteiger partial charge in [0.15, 0.2) is 5.96 Å². The largest absolute Gasteiger partial charge is 0.370 e. The van der Waals surface area contributed by atoms with Crippen LogP contribution in [0.25, 0.3) is 0 Å². The van der Waals surface area contributed by atoms with Crippen LogP contribution in [0, 0.1) is 11.8 Å². The standard InChI is InChI=1S/C10H19N3/c1-7-2-4-8(5-3-7)9-6-12-10(11)13-9/h7-9H,2-6H2,1H3,(H3,11,12,13). The maximum Gasteiger partial charge on any atom is 0.188 e. The molecule has 1 unspecified atom stereocenters. The second-order valence-corrected chi connectivity index (χ2v) is 4.50. The van der Waals surface area contributed by atoms with Crippen LogP contribution in [-0.2, 0) is 0 Å². The van der Waals surface area contributed by atoms with Crippen molar-refractivity contribution in [2.24, 2.45) is 22.6 Å². The first-order valence-electron chi connectivity index (χ1n) is 5.32. The Morgan fingerprint density at radius 3 is 2.54 bits per heavy atom. The zero-order chi connectivity index (χ0) is 9.26. The number of guanidine groups is 1. The van der Waals surface area contributed by atoms with Gasteiger partial charge in [-0.05, 0) is 24.7 Å². The van der Waals surface area contributed by atoms with Crippen molar-refractivity contribution in [1.29, 1.82) is 0 Å². The number of rotatable bonds is 1. The highest BCUT2D eigenvalue weighted by molar-refractivity contribution is 5.79. The van der Waals surface area contributed by atoms with Crippen molar-refractivity contribution in [3.63, 3.8) is 0 Å². The molecule has 1 aliphatic heterocycles. The highest BCUT2D eigenvalue weighted by Gasteiger charge is 2.28. The van der Waals surface area contributed by atoms with Crippen molar-refractivity contribution in [1.82, 2.24) is 5.32 Å². The molecule has 0 bridgehead atoms. The molecule has 13 heavy (non-hydrogen) atoms. The van der Waals surface area contributed by atoms with Crippen LogP contribution in [0.3, 0.4) is 0 Å². The van der Waals surface area contributed by atoms with Crippen molar-refractivity contribution < 1.29 is 0 Å². The molecule has 74 valence electrons. The summed E-state index contributed by atoms with van der Waals surface area (Å²) < 4.78 is 0. The van der Waals surface area contributed by atoms with Gasteiger partial charge in [-0.25, -0.2) is 0 Å². The second kappa shape index (κ2) is 3.56. The lowest BCUT2D eigenvalue weighted by Gasteiger charge is -2.30. The third-order valence-corrected chi connectivity index (χ3v) is 3.42. The Kier molecular flexibility index (Phi) is 2.42. The number of nitrogens with zero attached hydrogens (tertiary/aromatic N) is 1. The Labute approximate surface area is 79.8 Å². The average molecular weight is 181 g/mol. The SMILES string of the molecule is CC1CCC(C2CN=C(N)N2)CC1. The highest BCUT2D eigenvalue weighted by Crippen LogP contribution is 2.31. The zero-order valence-electron chi connectivity index (χ0n) is 8.29. The van der Waals surface area contributed by atoms with Gasteiger partial charge in [-0.2, -0.15) is 0 Å². The van der Waals surface area contributed by atoms with E-state index in [0.717, 1.165) is 18.4 Å². The fourth-order valence-corrected chi connectivity index (χ4v) is 2.43. The van der Waals surface area contributed by atoms with E-state index >= 15 is 0 Å². The summed E-state index contributed by atoms with van der Waals surface area (Å²) in [5, 5.41) is 3.27. The number of hydrogen-bond acceptors (Lipinski definition) is 3. The smallest absolute Gasteiger partial charge is 0.188 e. The van der Waals surface area contributed by atoms with E-state index in [2.05, 4.69) is 17.2 Å². The van der Waals surface area contributed by atoms with Crippen LogP contribution in [0.4, 0.5) is 0 Å². The quantitative estimate of drug-likeness (QED) is 0.636. The van der Waals surface area contributed by atoms with E-state index in [1.807, 2.05) is 0 Å². The first-order valence-corrected chi connectivity index (χ1v) is 5.32. The van der Waals surface area contributed by atoms with E-state index in [4.69, 9.17) is 5.73 Å². The molecule has 3 heteroatoms. The van der Waals surface area contributed by atoms with Gasteiger partial charge in [0, 0.05) is 0 Å². The summed E-state index contributed by atoms with van der Waals surface area (Å²) in [5.74, 6) is 2.38. The van der Waals surface area contributed by atoms with E-state index < -0.39 is 0 Å². The molecule has 0 saturated heterocycles. The minimum atomic E-state index is 0.535. The number of hydrogen-bond donors (Lipinski definition) is 2. The van der Waals surface area contributed by atoms with Gasteiger partial charge in [0.1, 0.15) is 0 Å². The summed E-state index contributed by atoms with van der Waals surface area (Å²) in [6, 6.07) is 0.535. The summed E-state index contributed by atoms with van der Waals surface area (Å²) in [7, 11) is 0. The normalized spacial score (nSPS) is 39.8. The minimum absolute atomic E-state index is 0.535. The summed E-state index contributed by atoms with van der Waals surface area (Å²) in [4.78, 5) is 4.20. The Morgan fingerprint density at radius 2 is 2.00 bits per heavy atom. The molecule has 1 aliphatic carbocycles. The van der Waals surface area contributed by atoms with Crippen LogP contribution in [0.2, 0.25) is 0 Å². The topological polar surface area (TPSA) is 50.4 Å². The summed E-state index contributed by atoms with van der Waals surface area (Å²) in [6.07, 6.45) is 5.45. The van der Waals surface area contributed by atoms with Gasteiger partial charge in [-0.15, -0.1) is 0 Å². The van der Waals surface area contributed by atoms with Crippen molar-refractivity contribution in [3.8, 4) is 0 Å². The molecule has 0 aromatic rings. The average Bonchev–Trinajstić information content (AvgIpc) is 2.53. The molecular formula is C10H19N3. The van der Waals surface area contributed by atoms with Gasteiger partial charge < -0.3 is 11.1 Å². The number of aliphatic imine (C=N–C) groups is 1. The fourth-order valence-electron chi connectivity index (χ4n) is 2.43. The lowest BCUT2D eigenvalue weighted by molar-refractivity contribution is 0.251. The molecular weight excluding hydrogens is 162 g/mol. The lowest BCUT2D eigenvalue weighted by atomic mass is 9.79. The van der Waals surface area contributed by atoms with E-state index in [0.29, 0.717) is 12.0 Å². The number of nitrogens with one attached hydrogen (secondary N) is 1. The summed E-state index contributed by atoms with van der Waals surface area (Å²) in [6.45, 7) is 3.24. The van der Waals surface area contributed by atoms with E-state index in [-0.39, 0.29) is 0 Å². The molecule has 2 aliphatic rings. The predicted octanol–water partition coefficient (Wildman–Crippen LogP) is 1.10. The predicted molar refractivity (Wildman–Crippen MR) is 54.5 cm³/mol. The van der Waals surface area contributed by atoms with Gasteiger partial charge in [0.25, 0.3) is 0 Å². The van der Waals surface area contributed by atoms with Crippen molar-refractivity contribution >= 4 is 5.96 Å². The van der Waals surface area contributed by atoms with Gasteiger partial charge in [0.05, 0.1) is 12.6 Å². The molecule has 0 radical (unpaired) electrons. The van der Waals surface area contributed by atoms with Crippen molar-refractivity contribution in [3.05, 3.63) is 0 Å². The van der Waals surface area contributed by atoms with Gasteiger partial charge in [-0.3, -0.25) is 4.99 Å². The van der Waals surface area contributed by atoms with Gasteiger partial charge >= 0.3 is 0 Å². The third kappa shape index (κ3) is 1.95. The zero-order valence-corrected chi connectivity index (χ0v) is 8.29. The molecule has 0 spiro atoms.